The van der Waals surface area contributed by atoms with E-state index < -0.39 is 0 Å². The van der Waals surface area contributed by atoms with Gasteiger partial charge in [0.15, 0.2) is 5.76 Å². The fraction of sp³-hybridized carbons (Fsp3) is 0.357. The molecule has 0 saturated heterocycles. The second-order valence-corrected chi connectivity index (χ2v) is 9.10. The number of rotatable bonds is 7. The van der Waals surface area contributed by atoms with Gasteiger partial charge in [-0.1, -0.05) is 36.4 Å². The highest BCUT2D eigenvalue weighted by Gasteiger charge is 2.39. The van der Waals surface area contributed by atoms with Gasteiger partial charge in [-0.05, 0) is 67.1 Å². The van der Waals surface area contributed by atoms with Crippen molar-refractivity contribution in [3.8, 4) is 5.75 Å². The molecular weight excluding hydrogens is 428 g/mol. The summed E-state index contributed by atoms with van der Waals surface area (Å²) in [4.78, 5) is 29.1. The lowest BCUT2D eigenvalue weighted by Crippen LogP contribution is -2.41. The molecule has 0 radical (unpaired) electrons. The molecule has 176 valence electrons. The molecule has 0 N–H and O–H groups in total. The Morgan fingerprint density at radius 1 is 1.09 bits per heavy atom. The van der Waals surface area contributed by atoms with Gasteiger partial charge in [-0.15, -0.1) is 0 Å². The van der Waals surface area contributed by atoms with Crippen molar-refractivity contribution < 1.29 is 18.7 Å². The molecule has 2 aromatic carbocycles. The Labute approximate surface area is 200 Å². The summed E-state index contributed by atoms with van der Waals surface area (Å²) in [7, 11) is 1.74. The molecule has 6 heteroatoms. The van der Waals surface area contributed by atoms with Gasteiger partial charge in [0.2, 0.25) is 5.91 Å². The molecule has 3 aromatic rings. The van der Waals surface area contributed by atoms with Gasteiger partial charge in [-0.25, -0.2) is 0 Å². The van der Waals surface area contributed by atoms with E-state index in [2.05, 4.69) is 24.3 Å². The number of carbonyl (C=O) groups excluding carboxylic acids is 2. The number of amides is 2. The number of fused-ring (bicyclic) bond motifs is 1. The SMILES string of the molecule is CCN(C)C(=O)c1ccc(COc2ccc3c(c2)C(c2ccccc2)N(C(=O)C2CC2)CC3)o1. The number of benzene rings is 2. The number of carbonyl (C=O) groups is 2. The van der Waals surface area contributed by atoms with E-state index in [1.807, 2.05) is 36.1 Å². The predicted octanol–water partition coefficient (Wildman–Crippen LogP) is 4.83. The second kappa shape index (κ2) is 9.37. The summed E-state index contributed by atoms with van der Waals surface area (Å²) in [6.45, 7) is 3.49. The van der Waals surface area contributed by atoms with Crippen LogP contribution in [0, 0.1) is 5.92 Å². The fourth-order valence-electron chi connectivity index (χ4n) is 4.54. The van der Waals surface area contributed by atoms with Gasteiger partial charge in [-0.2, -0.15) is 0 Å². The summed E-state index contributed by atoms with van der Waals surface area (Å²) in [5.41, 5.74) is 3.47. The maximum absolute atomic E-state index is 13.1. The van der Waals surface area contributed by atoms with E-state index in [1.54, 1.807) is 24.1 Å². The highest BCUT2D eigenvalue weighted by atomic mass is 16.5. The van der Waals surface area contributed by atoms with E-state index in [4.69, 9.17) is 9.15 Å². The van der Waals surface area contributed by atoms with Crippen LogP contribution in [-0.2, 0) is 17.8 Å². The Bertz CT molecular complexity index is 1180. The molecule has 2 amide bonds. The van der Waals surface area contributed by atoms with Crippen LogP contribution in [0.15, 0.2) is 65.1 Å². The molecule has 0 spiro atoms. The lowest BCUT2D eigenvalue weighted by molar-refractivity contribution is -0.134. The van der Waals surface area contributed by atoms with Gasteiger partial charge in [-0.3, -0.25) is 9.59 Å². The first-order valence-electron chi connectivity index (χ1n) is 12.0. The van der Waals surface area contributed by atoms with Gasteiger partial charge in [0.05, 0.1) is 6.04 Å². The largest absolute Gasteiger partial charge is 0.486 e. The lowest BCUT2D eigenvalue weighted by Gasteiger charge is -2.38. The van der Waals surface area contributed by atoms with Crippen LogP contribution in [0.5, 0.6) is 5.75 Å². The third-order valence-corrected chi connectivity index (χ3v) is 6.75. The molecule has 2 heterocycles. The molecule has 0 bridgehead atoms. The van der Waals surface area contributed by atoms with E-state index in [9.17, 15) is 9.59 Å². The van der Waals surface area contributed by atoms with Crippen molar-refractivity contribution in [3.63, 3.8) is 0 Å². The maximum Gasteiger partial charge on any atom is 0.289 e. The second-order valence-electron chi connectivity index (χ2n) is 9.10. The summed E-state index contributed by atoms with van der Waals surface area (Å²) in [5, 5.41) is 0. The Kier molecular flexibility index (Phi) is 6.14. The molecule has 1 aliphatic carbocycles. The van der Waals surface area contributed by atoms with Crippen molar-refractivity contribution in [2.45, 2.75) is 38.8 Å². The average Bonchev–Trinajstić information content (AvgIpc) is 3.63. The molecule has 5 rings (SSSR count). The standard InChI is InChI=1S/C28H30N2O4/c1-3-29(2)28(32)25-14-13-23(34-25)18-33-22-12-11-19-15-16-30(27(31)21-9-10-21)26(24(19)17-22)20-7-5-4-6-8-20/h4-8,11-14,17,21,26H,3,9-10,15-16,18H2,1-2H3. The van der Waals surface area contributed by atoms with Crippen LogP contribution >= 0.6 is 0 Å². The minimum absolute atomic E-state index is 0.112. The van der Waals surface area contributed by atoms with Crippen LogP contribution in [0.3, 0.4) is 0 Å². The summed E-state index contributed by atoms with van der Waals surface area (Å²) < 4.78 is 11.8. The van der Waals surface area contributed by atoms with E-state index in [-0.39, 0.29) is 30.4 Å². The lowest BCUT2D eigenvalue weighted by atomic mass is 9.87. The first-order chi connectivity index (χ1) is 16.5. The van der Waals surface area contributed by atoms with Crippen molar-refractivity contribution in [1.29, 1.82) is 0 Å². The summed E-state index contributed by atoms with van der Waals surface area (Å²) >= 11 is 0. The average molecular weight is 459 g/mol. The highest BCUT2D eigenvalue weighted by Crippen LogP contribution is 2.41. The van der Waals surface area contributed by atoms with Crippen LogP contribution in [0.25, 0.3) is 0 Å². The minimum Gasteiger partial charge on any atom is -0.486 e. The third kappa shape index (κ3) is 4.45. The molecule has 1 saturated carbocycles. The van der Waals surface area contributed by atoms with E-state index in [0.29, 0.717) is 18.1 Å². The van der Waals surface area contributed by atoms with Gasteiger partial charge in [0, 0.05) is 26.1 Å². The highest BCUT2D eigenvalue weighted by molar-refractivity contribution is 5.91. The first-order valence-corrected chi connectivity index (χ1v) is 12.0. The van der Waals surface area contributed by atoms with Crippen LogP contribution in [0.2, 0.25) is 0 Å². The van der Waals surface area contributed by atoms with Crippen molar-refractivity contribution in [3.05, 3.63) is 88.9 Å². The van der Waals surface area contributed by atoms with Gasteiger partial charge in [0.1, 0.15) is 18.1 Å². The van der Waals surface area contributed by atoms with Crippen LogP contribution in [-0.4, -0.2) is 41.8 Å². The number of furan rings is 1. The zero-order valence-electron chi connectivity index (χ0n) is 19.7. The zero-order valence-corrected chi connectivity index (χ0v) is 19.7. The van der Waals surface area contributed by atoms with Crippen LogP contribution in [0.1, 0.15) is 58.8 Å². The third-order valence-electron chi connectivity index (χ3n) is 6.75. The topological polar surface area (TPSA) is 63.0 Å². The Morgan fingerprint density at radius 3 is 2.62 bits per heavy atom. The Balaban J connectivity index is 1.38. The molecule has 1 aliphatic heterocycles. The normalized spacial score (nSPS) is 17.2. The maximum atomic E-state index is 13.1. The van der Waals surface area contributed by atoms with Crippen LogP contribution in [0.4, 0.5) is 0 Å². The van der Waals surface area contributed by atoms with Crippen molar-refractivity contribution in [1.82, 2.24) is 9.80 Å². The van der Waals surface area contributed by atoms with Gasteiger partial charge in [0.25, 0.3) is 5.91 Å². The molecular formula is C28H30N2O4. The van der Waals surface area contributed by atoms with Crippen LogP contribution < -0.4 is 4.74 Å². The van der Waals surface area contributed by atoms with E-state index >= 15 is 0 Å². The Hall–Kier alpha value is -3.54. The molecule has 34 heavy (non-hydrogen) atoms. The monoisotopic (exact) mass is 458 g/mol. The molecule has 1 fully saturated rings. The van der Waals surface area contributed by atoms with E-state index in [0.717, 1.165) is 42.7 Å². The number of ether oxygens (including phenoxy) is 1. The van der Waals surface area contributed by atoms with Crippen molar-refractivity contribution in [2.75, 3.05) is 20.1 Å². The summed E-state index contributed by atoms with van der Waals surface area (Å²) in [5.74, 6) is 1.91. The number of hydrogen-bond donors (Lipinski definition) is 0. The molecule has 1 atom stereocenters. The van der Waals surface area contributed by atoms with Crippen molar-refractivity contribution >= 4 is 11.8 Å². The number of nitrogens with zero attached hydrogens (tertiary/aromatic N) is 2. The molecule has 2 aliphatic rings. The summed E-state index contributed by atoms with van der Waals surface area (Å²) in [6.07, 6.45) is 2.83. The number of hydrogen-bond acceptors (Lipinski definition) is 4. The Morgan fingerprint density at radius 2 is 1.88 bits per heavy atom. The van der Waals surface area contributed by atoms with E-state index in [1.165, 1.54) is 5.56 Å². The molecule has 1 unspecified atom stereocenters. The first kappa shape index (κ1) is 22.3. The predicted molar refractivity (Wildman–Crippen MR) is 129 cm³/mol. The van der Waals surface area contributed by atoms with Gasteiger partial charge >= 0.3 is 0 Å². The minimum atomic E-state index is -0.145. The molecule has 1 aromatic heterocycles. The zero-order chi connectivity index (χ0) is 23.7. The molecule has 6 nitrogen and oxygen atoms in total. The summed E-state index contributed by atoms with van der Waals surface area (Å²) in [6, 6.07) is 19.7. The van der Waals surface area contributed by atoms with Gasteiger partial charge < -0.3 is 19.0 Å². The van der Waals surface area contributed by atoms with Crippen molar-refractivity contribution in [2.24, 2.45) is 5.92 Å². The quantitative estimate of drug-likeness (QED) is 0.509. The smallest absolute Gasteiger partial charge is 0.289 e. The fourth-order valence-corrected chi connectivity index (χ4v) is 4.54.